The molecule has 0 saturated heterocycles. The number of aliphatic hydroxyl groups is 1. The third kappa shape index (κ3) is 1.33. The van der Waals surface area contributed by atoms with Gasteiger partial charge >= 0.3 is 0 Å². The molecule has 1 rings (SSSR count). The maximum absolute atomic E-state index is 12.6. The first-order valence-electron chi connectivity index (χ1n) is 2.65. The van der Waals surface area contributed by atoms with Gasteiger partial charge in [-0.05, 0) is 22.0 Å². The Morgan fingerprint density at radius 3 is 2.90 bits per heavy atom. The summed E-state index contributed by atoms with van der Waals surface area (Å²) in [6, 6.07) is 1.23. The van der Waals surface area contributed by atoms with Gasteiger partial charge in [-0.2, -0.15) is 0 Å². The number of aliphatic hydroxyl groups excluding tert-OH is 1. The Morgan fingerprint density at radius 1 is 1.70 bits per heavy atom. The molecular weight excluding hydrogens is 201 g/mol. The van der Waals surface area contributed by atoms with Gasteiger partial charge in [-0.15, -0.1) is 0 Å². The van der Waals surface area contributed by atoms with Crippen LogP contribution in [0, 0.1) is 5.82 Å². The lowest BCUT2D eigenvalue weighted by atomic mass is 10.3. The van der Waals surface area contributed by atoms with Gasteiger partial charge in [-0.1, -0.05) is 0 Å². The zero-order chi connectivity index (χ0) is 7.56. The van der Waals surface area contributed by atoms with Gasteiger partial charge in [-0.25, -0.2) is 4.39 Å². The van der Waals surface area contributed by atoms with E-state index in [1.54, 1.807) is 0 Å². The fourth-order valence-corrected chi connectivity index (χ4v) is 0.931. The molecule has 0 radical (unpaired) electrons. The van der Waals surface area contributed by atoms with Crippen LogP contribution in [0.5, 0.6) is 0 Å². The molecule has 0 aliphatic heterocycles. The van der Waals surface area contributed by atoms with Crippen molar-refractivity contribution in [3.8, 4) is 0 Å². The van der Waals surface area contributed by atoms with Crippen LogP contribution in [-0.4, -0.2) is 10.1 Å². The van der Waals surface area contributed by atoms with Crippen molar-refractivity contribution in [1.29, 1.82) is 0 Å². The lowest BCUT2D eigenvalue weighted by Gasteiger charge is -1.97. The van der Waals surface area contributed by atoms with Crippen molar-refractivity contribution in [3.05, 3.63) is 28.2 Å². The summed E-state index contributed by atoms with van der Waals surface area (Å²) in [5, 5.41) is 8.58. The van der Waals surface area contributed by atoms with Crippen LogP contribution in [0.15, 0.2) is 16.7 Å². The molecule has 0 atom stereocenters. The lowest BCUT2D eigenvalue weighted by molar-refractivity contribution is 0.275. The summed E-state index contributed by atoms with van der Waals surface area (Å²) in [5.74, 6) is -0.404. The highest BCUT2D eigenvalue weighted by Gasteiger charge is 2.03. The standard InChI is InChI=1S/C6H5BrFNO/c7-6-4(8)1-2-9-5(6)3-10/h1-2,10H,3H2. The number of aromatic nitrogens is 1. The Balaban J connectivity index is 3.14. The van der Waals surface area contributed by atoms with Crippen molar-refractivity contribution in [2.45, 2.75) is 6.61 Å². The minimum atomic E-state index is -0.404. The van der Waals surface area contributed by atoms with Gasteiger partial charge in [-0.3, -0.25) is 4.98 Å². The summed E-state index contributed by atoms with van der Waals surface area (Å²) in [4.78, 5) is 3.72. The Bertz CT molecular complexity index is 241. The van der Waals surface area contributed by atoms with Gasteiger partial charge in [0.1, 0.15) is 5.82 Å². The first-order chi connectivity index (χ1) is 4.75. The lowest BCUT2D eigenvalue weighted by Crippen LogP contribution is -1.92. The number of nitrogens with zero attached hydrogens (tertiary/aromatic N) is 1. The van der Waals surface area contributed by atoms with Gasteiger partial charge in [0, 0.05) is 6.20 Å². The van der Waals surface area contributed by atoms with Crippen LogP contribution < -0.4 is 0 Å². The van der Waals surface area contributed by atoms with Gasteiger partial charge in [0.05, 0.1) is 16.8 Å². The molecule has 0 aliphatic rings. The van der Waals surface area contributed by atoms with E-state index in [9.17, 15) is 4.39 Å². The number of halogens is 2. The van der Waals surface area contributed by atoms with Gasteiger partial charge in [0.2, 0.25) is 0 Å². The monoisotopic (exact) mass is 205 g/mol. The van der Waals surface area contributed by atoms with Crippen molar-refractivity contribution in [2.24, 2.45) is 0 Å². The van der Waals surface area contributed by atoms with Crippen molar-refractivity contribution in [3.63, 3.8) is 0 Å². The number of pyridine rings is 1. The largest absolute Gasteiger partial charge is 0.390 e. The van der Waals surface area contributed by atoms with Crippen molar-refractivity contribution in [1.82, 2.24) is 4.98 Å². The summed E-state index contributed by atoms with van der Waals surface area (Å²) < 4.78 is 12.8. The zero-order valence-electron chi connectivity index (χ0n) is 5.01. The highest BCUT2D eigenvalue weighted by Crippen LogP contribution is 2.17. The predicted octanol–water partition coefficient (Wildman–Crippen LogP) is 1.48. The molecule has 1 heterocycles. The van der Waals surface area contributed by atoms with Gasteiger partial charge < -0.3 is 5.11 Å². The molecular formula is C6H5BrFNO. The van der Waals surface area contributed by atoms with Crippen molar-refractivity contribution in [2.75, 3.05) is 0 Å². The van der Waals surface area contributed by atoms with E-state index in [-0.39, 0.29) is 11.1 Å². The molecule has 0 aromatic carbocycles. The molecule has 1 aromatic heterocycles. The molecule has 0 spiro atoms. The molecule has 0 saturated carbocycles. The van der Waals surface area contributed by atoms with Crippen LogP contribution in [0.2, 0.25) is 0 Å². The Labute approximate surface area is 65.8 Å². The zero-order valence-corrected chi connectivity index (χ0v) is 6.60. The molecule has 0 amide bonds. The second kappa shape index (κ2) is 3.07. The summed E-state index contributed by atoms with van der Waals surface area (Å²) >= 11 is 2.94. The fourth-order valence-electron chi connectivity index (χ4n) is 0.571. The van der Waals surface area contributed by atoms with E-state index in [2.05, 4.69) is 20.9 Å². The van der Waals surface area contributed by atoms with E-state index in [0.29, 0.717) is 5.69 Å². The minimum Gasteiger partial charge on any atom is -0.390 e. The van der Waals surface area contributed by atoms with E-state index in [0.717, 1.165) is 0 Å². The van der Waals surface area contributed by atoms with E-state index >= 15 is 0 Å². The maximum atomic E-state index is 12.6. The molecule has 54 valence electrons. The average molecular weight is 206 g/mol. The van der Waals surface area contributed by atoms with Crippen LogP contribution in [0.1, 0.15) is 5.69 Å². The van der Waals surface area contributed by atoms with Crippen LogP contribution >= 0.6 is 15.9 Å². The third-order valence-electron chi connectivity index (χ3n) is 1.06. The van der Waals surface area contributed by atoms with Gasteiger partial charge in [0.15, 0.2) is 0 Å². The first kappa shape index (κ1) is 7.63. The van der Waals surface area contributed by atoms with E-state index in [1.165, 1.54) is 12.3 Å². The molecule has 0 aliphatic carbocycles. The molecule has 1 aromatic rings. The summed E-state index contributed by atoms with van der Waals surface area (Å²) in [5.41, 5.74) is 0.319. The van der Waals surface area contributed by atoms with E-state index in [4.69, 9.17) is 5.11 Å². The van der Waals surface area contributed by atoms with Gasteiger partial charge in [0.25, 0.3) is 0 Å². The smallest absolute Gasteiger partial charge is 0.140 e. The molecule has 0 unspecified atom stereocenters. The molecule has 4 heteroatoms. The summed E-state index contributed by atoms with van der Waals surface area (Å²) in [7, 11) is 0. The van der Waals surface area contributed by atoms with E-state index < -0.39 is 5.82 Å². The highest BCUT2D eigenvalue weighted by molar-refractivity contribution is 9.10. The molecule has 2 nitrogen and oxygen atoms in total. The fraction of sp³-hybridized carbons (Fsp3) is 0.167. The third-order valence-corrected chi connectivity index (χ3v) is 1.90. The topological polar surface area (TPSA) is 33.1 Å². The first-order valence-corrected chi connectivity index (χ1v) is 3.44. The second-order valence-electron chi connectivity index (χ2n) is 1.71. The van der Waals surface area contributed by atoms with Crippen LogP contribution in [0.3, 0.4) is 0 Å². The summed E-state index contributed by atoms with van der Waals surface area (Å²) in [6.07, 6.45) is 1.31. The normalized spacial score (nSPS) is 9.90. The predicted molar refractivity (Wildman–Crippen MR) is 37.8 cm³/mol. The Kier molecular flexibility index (Phi) is 2.34. The summed E-state index contributed by atoms with van der Waals surface area (Å²) in [6.45, 7) is -0.252. The maximum Gasteiger partial charge on any atom is 0.140 e. The molecule has 1 N–H and O–H groups in total. The average Bonchev–Trinajstić information content (AvgIpc) is 1.95. The second-order valence-corrected chi connectivity index (χ2v) is 2.50. The number of hydrogen-bond acceptors (Lipinski definition) is 2. The van der Waals surface area contributed by atoms with Crippen molar-refractivity contribution >= 4 is 15.9 Å². The Morgan fingerprint density at radius 2 is 2.40 bits per heavy atom. The molecule has 10 heavy (non-hydrogen) atoms. The molecule has 0 bridgehead atoms. The quantitative estimate of drug-likeness (QED) is 0.754. The van der Waals surface area contributed by atoms with Crippen LogP contribution in [-0.2, 0) is 6.61 Å². The van der Waals surface area contributed by atoms with Crippen LogP contribution in [0.4, 0.5) is 4.39 Å². The minimum absolute atomic E-state index is 0.234. The van der Waals surface area contributed by atoms with Crippen molar-refractivity contribution < 1.29 is 9.50 Å². The Hall–Kier alpha value is -0.480. The number of rotatable bonds is 1. The van der Waals surface area contributed by atoms with E-state index in [1.807, 2.05) is 0 Å². The highest BCUT2D eigenvalue weighted by atomic mass is 79.9. The number of hydrogen-bond donors (Lipinski definition) is 1. The molecule has 0 fully saturated rings. The van der Waals surface area contributed by atoms with Crippen LogP contribution in [0.25, 0.3) is 0 Å². The SMILES string of the molecule is OCc1nccc(F)c1Br.